The molecule has 7 nitrogen and oxygen atoms in total. The highest BCUT2D eigenvalue weighted by molar-refractivity contribution is 5.94. The van der Waals surface area contributed by atoms with E-state index in [0.717, 1.165) is 42.4 Å². The van der Waals surface area contributed by atoms with E-state index in [-0.39, 0.29) is 54.8 Å². The van der Waals surface area contributed by atoms with Gasteiger partial charge in [-0.15, -0.1) is 0 Å². The van der Waals surface area contributed by atoms with Crippen LogP contribution in [-0.4, -0.2) is 83.4 Å². The zero-order chi connectivity index (χ0) is 25.4. The molecule has 3 aliphatic rings. The Bertz CT molecular complexity index is 1120. The van der Waals surface area contributed by atoms with Gasteiger partial charge in [0.05, 0.1) is 25.2 Å². The maximum Gasteiger partial charge on any atom is 0.253 e. The van der Waals surface area contributed by atoms with Crippen molar-refractivity contribution in [1.29, 1.82) is 0 Å². The van der Waals surface area contributed by atoms with E-state index in [4.69, 9.17) is 0 Å². The monoisotopic (exact) mass is 489 g/mol. The number of hydrogen-bond donors (Lipinski definition) is 1. The first-order valence-electron chi connectivity index (χ1n) is 13.0. The van der Waals surface area contributed by atoms with Gasteiger partial charge in [0, 0.05) is 38.0 Å². The smallest absolute Gasteiger partial charge is 0.253 e. The molecule has 2 heterocycles. The van der Waals surface area contributed by atoms with Crippen LogP contribution in [0.5, 0.6) is 0 Å². The van der Waals surface area contributed by atoms with Crippen molar-refractivity contribution in [2.75, 3.05) is 33.8 Å². The van der Waals surface area contributed by atoms with Crippen LogP contribution in [0.1, 0.15) is 53.9 Å². The summed E-state index contributed by atoms with van der Waals surface area (Å²) in [6, 6.07) is 15.4. The molecule has 1 N–H and O–H groups in total. The minimum Gasteiger partial charge on any atom is -0.394 e. The third-order valence-electron chi connectivity index (χ3n) is 8.19. The second-order valence-corrected chi connectivity index (χ2v) is 10.6. The number of piperazine rings is 1. The molecule has 3 fully saturated rings. The summed E-state index contributed by atoms with van der Waals surface area (Å²) in [6.45, 7) is 0.568. The van der Waals surface area contributed by atoms with Gasteiger partial charge in [-0.05, 0) is 41.7 Å². The standard InChI is InChI=1S/C29H35N3O4/c1-30(2)28(35)23-14-10-20(11-15-23)19-8-12-21(13-9-19)27-24-16-31(17-26(34)32(24)25(27)18-33)29(36)22-6-4-3-5-7-22/h8-15,22,24-25,27,33H,3-7,16-18H2,1-2H3/t24-,25-,27-/m0/s1. The Morgan fingerprint density at radius 3 is 2.14 bits per heavy atom. The number of aliphatic hydroxyl groups is 1. The summed E-state index contributed by atoms with van der Waals surface area (Å²) in [4.78, 5) is 43.4. The minimum absolute atomic E-state index is 0.00459. The Kier molecular flexibility index (Phi) is 6.84. The van der Waals surface area contributed by atoms with Crippen LogP contribution in [-0.2, 0) is 9.59 Å². The zero-order valence-corrected chi connectivity index (χ0v) is 21.1. The molecule has 0 radical (unpaired) electrons. The highest BCUT2D eigenvalue weighted by atomic mass is 16.3. The first kappa shape index (κ1) is 24.5. The molecule has 2 aromatic carbocycles. The van der Waals surface area contributed by atoms with Crippen LogP contribution < -0.4 is 0 Å². The fourth-order valence-electron chi connectivity index (χ4n) is 6.24. The van der Waals surface area contributed by atoms with Crippen LogP contribution in [0.3, 0.4) is 0 Å². The molecule has 0 bridgehead atoms. The maximum atomic E-state index is 13.2. The Morgan fingerprint density at radius 1 is 0.944 bits per heavy atom. The fraction of sp³-hybridized carbons (Fsp3) is 0.483. The third kappa shape index (κ3) is 4.41. The molecular weight excluding hydrogens is 454 g/mol. The van der Waals surface area contributed by atoms with Crippen LogP contribution in [0, 0.1) is 5.92 Å². The maximum absolute atomic E-state index is 13.2. The average Bonchev–Trinajstić information content (AvgIpc) is 2.90. The second kappa shape index (κ2) is 10.1. The van der Waals surface area contributed by atoms with Gasteiger partial charge in [-0.25, -0.2) is 0 Å². The SMILES string of the molecule is CN(C)C(=O)c1ccc(-c2ccc([C@@H]3[C@H](CO)N4C(=O)CN(C(=O)C5CCCCC5)C[C@@H]34)cc2)cc1. The highest BCUT2D eigenvalue weighted by Crippen LogP contribution is 2.43. The molecule has 0 unspecified atom stereocenters. The van der Waals surface area contributed by atoms with Crippen LogP contribution in [0.4, 0.5) is 0 Å². The molecule has 3 amide bonds. The largest absolute Gasteiger partial charge is 0.394 e. The molecular formula is C29H35N3O4. The summed E-state index contributed by atoms with van der Waals surface area (Å²) in [6.07, 6.45) is 5.21. The van der Waals surface area contributed by atoms with Crippen molar-refractivity contribution < 1.29 is 19.5 Å². The summed E-state index contributed by atoms with van der Waals surface area (Å²) in [5.74, 6) is 0.0775. The van der Waals surface area contributed by atoms with Crippen molar-refractivity contribution in [3.63, 3.8) is 0 Å². The van der Waals surface area contributed by atoms with Gasteiger partial charge in [0.15, 0.2) is 0 Å². The topological polar surface area (TPSA) is 81.2 Å². The van der Waals surface area contributed by atoms with Gasteiger partial charge in [0.25, 0.3) is 5.91 Å². The van der Waals surface area contributed by atoms with Crippen LogP contribution in [0.25, 0.3) is 11.1 Å². The quantitative estimate of drug-likeness (QED) is 0.700. The van der Waals surface area contributed by atoms with Crippen molar-refractivity contribution in [3.05, 3.63) is 59.7 Å². The molecule has 1 aliphatic carbocycles. The highest BCUT2D eigenvalue weighted by Gasteiger charge is 2.54. The van der Waals surface area contributed by atoms with E-state index in [1.54, 1.807) is 28.8 Å². The number of aliphatic hydroxyl groups excluding tert-OH is 1. The van der Waals surface area contributed by atoms with Gasteiger partial charge in [0.2, 0.25) is 11.8 Å². The molecule has 2 aliphatic heterocycles. The lowest BCUT2D eigenvalue weighted by atomic mass is 9.73. The summed E-state index contributed by atoms with van der Waals surface area (Å²) in [5, 5.41) is 10.1. The number of fused-ring (bicyclic) bond motifs is 1. The predicted molar refractivity (Wildman–Crippen MR) is 137 cm³/mol. The van der Waals surface area contributed by atoms with Crippen molar-refractivity contribution in [2.24, 2.45) is 5.92 Å². The Hall–Kier alpha value is -3.19. The molecule has 190 valence electrons. The van der Waals surface area contributed by atoms with Gasteiger partial charge in [-0.2, -0.15) is 0 Å². The first-order valence-corrected chi connectivity index (χ1v) is 13.0. The Labute approximate surface area is 212 Å². The Balaban J connectivity index is 1.32. The van der Waals surface area contributed by atoms with Crippen molar-refractivity contribution in [1.82, 2.24) is 14.7 Å². The lowest BCUT2D eigenvalue weighted by Gasteiger charge is -2.59. The van der Waals surface area contributed by atoms with Crippen molar-refractivity contribution in [3.8, 4) is 11.1 Å². The second-order valence-electron chi connectivity index (χ2n) is 10.6. The van der Waals surface area contributed by atoms with E-state index in [1.807, 2.05) is 36.4 Å². The van der Waals surface area contributed by atoms with Crippen LogP contribution in [0.2, 0.25) is 0 Å². The van der Waals surface area contributed by atoms with Crippen LogP contribution >= 0.6 is 0 Å². The normalized spacial score (nSPS) is 24.2. The summed E-state index contributed by atoms with van der Waals surface area (Å²) < 4.78 is 0. The number of carbonyl (C=O) groups excluding carboxylic acids is 3. The lowest BCUT2D eigenvalue weighted by molar-refractivity contribution is -0.168. The number of benzene rings is 2. The summed E-state index contributed by atoms with van der Waals surface area (Å²) in [5.41, 5.74) is 3.77. The van der Waals surface area contributed by atoms with E-state index in [9.17, 15) is 19.5 Å². The molecule has 0 spiro atoms. The molecule has 1 saturated carbocycles. The van der Waals surface area contributed by atoms with E-state index < -0.39 is 0 Å². The van der Waals surface area contributed by atoms with Gasteiger partial charge in [-0.3, -0.25) is 14.4 Å². The number of hydrogen-bond acceptors (Lipinski definition) is 4. The van der Waals surface area contributed by atoms with Gasteiger partial charge in [-0.1, -0.05) is 55.7 Å². The molecule has 2 aromatic rings. The van der Waals surface area contributed by atoms with Crippen LogP contribution in [0.15, 0.2) is 48.5 Å². The average molecular weight is 490 g/mol. The number of nitrogens with zero attached hydrogens (tertiary/aromatic N) is 3. The van der Waals surface area contributed by atoms with Gasteiger partial charge < -0.3 is 19.8 Å². The number of amides is 3. The minimum atomic E-state index is -0.253. The summed E-state index contributed by atoms with van der Waals surface area (Å²) >= 11 is 0. The zero-order valence-electron chi connectivity index (χ0n) is 21.1. The van der Waals surface area contributed by atoms with E-state index in [0.29, 0.717) is 12.1 Å². The predicted octanol–water partition coefficient (Wildman–Crippen LogP) is 3.13. The van der Waals surface area contributed by atoms with Gasteiger partial charge in [0.1, 0.15) is 0 Å². The van der Waals surface area contributed by atoms with E-state index >= 15 is 0 Å². The lowest BCUT2D eigenvalue weighted by Crippen LogP contribution is -2.73. The van der Waals surface area contributed by atoms with E-state index in [1.165, 1.54) is 6.42 Å². The Morgan fingerprint density at radius 2 is 1.56 bits per heavy atom. The fourth-order valence-corrected chi connectivity index (χ4v) is 6.24. The molecule has 7 heteroatoms. The molecule has 0 aromatic heterocycles. The number of rotatable bonds is 5. The van der Waals surface area contributed by atoms with E-state index in [2.05, 4.69) is 12.1 Å². The number of carbonyl (C=O) groups is 3. The molecule has 2 saturated heterocycles. The van der Waals surface area contributed by atoms with Crippen molar-refractivity contribution in [2.45, 2.75) is 50.1 Å². The third-order valence-corrected chi connectivity index (χ3v) is 8.19. The molecule has 3 atom stereocenters. The van der Waals surface area contributed by atoms with Gasteiger partial charge >= 0.3 is 0 Å². The molecule has 36 heavy (non-hydrogen) atoms. The first-order chi connectivity index (χ1) is 17.4. The van der Waals surface area contributed by atoms with Crippen molar-refractivity contribution >= 4 is 17.7 Å². The summed E-state index contributed by atoms with van der Waals surface area (Å²) in [7, 11) is 3.47. The molecule has 5 rings (SSSR count).